The summed E-state index contributed by atoms with van der Waals surface area (Å²) in [6.07, 6.45) is 0.435. The summed E-state index contributed by atoms with van der Waals surface area (Å²) < 4.78 is 24.1. The SMILES string of the molecule is Cc1noc(CNC(=O)N2CCC(Oc3ccccc3F)C2)n1. The molecule has 1 aliphatic heterocycles. The van der Waals surface area contributed by atoms with Gasteiger partial charge in [0.25, 0.3) is 0 Å². The number of hydrogen-bond acceptors (Lipinski definition) is 5. The van der Waals surface area contributed by atoms with Gasteiger partial charge in [-0.2, -0.15) is 4.98 Å². The highest BCUT2D eigenvalue weighted by Gasteiger charge is 2.28. The van der Waals surface area contributed by atoms with Crippen molar-refractivity contribution in [2.45, 2.75) is 26.0 Å². The molecule has 2 aromatic rings. The fourth-order valence-electron chi connectivity index (χ4n) is 2.40. The lowest BCUT2D eigenvalue weighted by atomic mass is 10.3. The maximum absolute atomic E-state index is 13.6. The average molecular weight is 320 g/mol. The van der Waals surface area contributed by atoms with E-state index >= 15 is 0 Å². The number of nitrogens with one attached hydrogen (secondary N) is 1. The Kier molecular flexibility index (Phi) is 4.40. The lowest BCUT2D eigenvalue weighted by Gasteiger charge is -2.17. The Bertz CT molecular complexity index is 691. The predicted molar refractivity (Wildman–Crippen MR) is 78.3 cm³/mol. The molecule has 0 radical (unpaired) electrons. The number of ether oxygens (including phenoxy) is 1. The van der Waals surface area contributed by atoms with Gasteiger partial charge in [-0.15, -0.1) is 0 Å². The molecular formula is C15H17FN4O3. The summed E-state index contributed by atoms with van der Waals surface area (Å²) in [7, 11) is 0. The molecule has 1 atom stereocenters. The van der Waals surface area contributed by atoms with Crippen LogP contribution in [0.5, 0.6) is 5.75 Å². The normalized spacial score (nSPS) is 17.3. The van der Waals surface area contributed by atoms with Crippen LogP contribution in [0.3, 0.4) is 0 Å². The number of para-hydroxylation sites is 1. The number of carbonyl (C=O) groups is 1. The summed E-state index contributed by atoms with van der Waals surface area (Å²) in [6.45, 7) is 2.84. The van der Waals surface area contributed by atoms with Crippen molar-refractivity contribution in [3.63, 3.8) is 0 Å². The van der Waals surface area contributed by atoms with Gasteiger partial charge in [0.05, 0.1) is 13.1 Å². The number of hydrogen-bond donors (Lipinski definition) is 1. The van der Waals surface area contributed by atoms with E-state index in [0.717, 1.165) is 0 Å². The largest absolute Gasteiger partial charge is 0.485 e. The first-order chi connectivity index (χ1) is 11.1. The summed E-state index contributed by atoms with van der Waals surface area (Å²) in [6, 6.07) is 6.01. The lowest BCUT2D eigenvalue weighted by Crippen LogP contribution is -2.39. The summed E-state index contributed by atoms with van der Waals surface area (Å²) in [5.74, 6) is 0.686. The predicted octanol–water partition coefficient (Wildman–Crippen LogP) is 1.88. The Morgan fingerprint density at radius 3 is 3.09 bits per heavy atom. The van der Waals surface area contributed by atoms with Crippen LogP contribution in [-0.4, -0.2) is 40.3 Å². The molecule has 0 spiro atoms. The monoisotopic (exact) mass is 320 g/mol. The Balaban J connectivity index is 1.49. The van der Waals surface area contributed by atoms with Crippen LogP contribution >= 0.6 is 0 Å². The Hall–Kier alpha value is -2.64. The molecule has 0 aliphatic carbocycles. The van der Waals surface area contributed by atoms with Gasteiger partial charge in [-0.25, -0.2) is 9.18 Å². The van der Waals surface area contributed by atoms with Crippen LogP contribution in [-0.2, 0) is 6.54 Å². The highest BCUT2D eigenvalue weighted by atomic mass is 19.1. The van der Waals surface area contributed by atoms with Crippen molar-refractivity contribution >= 4 is 6.03 Å². The number of aryl methyl sites for hydroxylation is 1. The number of amides is 2. The summed E-state index contributed by atoms with van der Waals surface area (Å²) in [4.78, 5) is 17.7. The molecule has 0 saturated carbocycles. The second kappa shape index (κ2) is 6.64. The third-order valence-corrected chi connectivity index (χ3v) is 3.52. The summed E-state index contributed by atoms with van der Waals surface area (Å²) in [5.41, 5.74) is 0. The highest BCUT2D eigenvalue weighted by molar-refractivity contribution is 5.74. The van der Waals surface area contributed by atoms with Crippen LogP contribution in [0.1, 0.15) is 18.1 Å². The van der Waals surface area contributed by atoms with Crippen molar-refractivity contribution in [3.05, 3.63) is 41.8 Å². The van der Waals surface area contributed by atoms with Gasteiger partial charge in [-0.1, -0.05) is 17.3 Å². The molecule has 1 unspecified atom stereocenters. The average Bonchev–Trinajstić information content (AvgIpc) is 3.16. The van der Waals surface area contributed by atoms with Gasteiger partial charge in [-0.05, 0) is 19.1 Å². The zero-order chi connectivity index (χ0) is 16.2. The van der Waals surface area contributed by atoms with E-state index in [2.05, 4.69) is 15.5 Å². The number of halogens is 1. The zero-order valence-corrected chi connectivity index (χ0v) is 12.7. The first kappa shape index (κ1) is 15.3. The molecule has 1 aliphatic rings. The van der Waals surface area contributed by atoms with E-state index in [1.54, 1.807) is 30.0 Å². The zero-order valence-electron chi connectivity index (χ0n) is 12.7. The Morgan fingerprint density at radius 1 is 1.52 bits per heavy atom. The van der Waals surface area contributed by atoms with E-state index < -0.39 is 5.82 Å². The molecule has 1 aromatic carbocycles. The standard InChI is InChI=1S/C15H17FN4O3/c1-10-18-14(23-19-10)8-17-15(21)20-7-6-11(9-20)22-13-5-3-2-4-12(13)16/h2-5,11H,6-9H2,1H3,(H,17,21). The molecule has 7 nitrogen and oxygen atoms in total. The van der Waals surface area contributed by atoms with Gasteiger partial charge in [0.2, 0.25) is 5.89 Å². The molecule has 0 bridgehead atoms. The first-order valence-electron chi connectivity index (χ1n) is 7.35. The molecule has 3 rings (SSSR count). The second-order valence-corrected chi connectivity index (χ2v) is 5.30. The molecule has 1 N–H and O–H groups in total. The number of aromatic nitrogens is 2. The number of carbonyl (C=O) groups excluding carboxylic acids is 1. The molecule has 122 valence electrons. The van der Waals surface area contributed by atoms with Crippen molar-refractivity contribution in [2.75, 3.05) is 13.1 Å². The van der Waals surface area contributed by atoms with E-state index in [0.29, 0.717) is 31.2 Å². The maximum Gasteiger partial charge on any atom is 0.317 e. The van der Waals surface area contributed by atoms with Gasteiger partial charge in [0, 0.05) is 13.0 Å². The fourth-order valence-corrected chi connectivity index (χ4v) is 2.40. The van der Waals surface area contributed by atoms with Crippen molar-refractivity contribution in [1.29, 1.82) is 0 Å². The third kappa shape index (κ3) is 3.77. The van der Waals surface area contributed by atoms with E-state index in [1.807, 2.05) is 0 Å². The van der Waals surface area contributed by atoms with Gasteiger partial charge < -0.3 is 19.5 Å². The minimum atomic E-state index is -0.401. The molecule has 1 aromatic heterocycles. The van der Waals surface area contributed by atoms with Gasteiger partial charge in [0.1, 0.15) is 6.10 Å². The molecule has 23 heavy (non-hydrogen) atoms. The topological polar surface area (TPSA) is 80.5 Å². The van der Waals surface area contributed by atoms with Crippen LogP contribution in [0.25, 0.3) is 0 Å². The number of benzene rings is 1. The third-order valence-electron chi connectivity index (χ3n) is 3.52. The van der Waals surface area contributed by atoms with Crippen molar-refractivity contribution in [3.8, 4) is 5.75 Å². The molecule has 2 heterocycles. The van der Waals surface area contributed by atoms with Crippen molar-refractivity contribution in [1.82, 2.24) is 20.4 Å². The quantitative estimate of drug-likeness (QED) is 0.930. The molecule has 2 amide bonds. The second-order valence-electron chi connectivity index (χ2n) is 5.30. The Morgan fingerprint density at radius 2 is 2.35 bits per heavy atom. The Labute approximate surface area is 132 Å². The smallest absolute Gasteiger partial charge is 0.317 e. The van der Waals surface area contributed by atoms with E-state index in [1.165, 1.54) is 6.07 Å². The highest BCUT2D eigenvalue weighted by Crippen LogP contribution is 2.21. The summed E-state index contributed by atoms with van der Waals surface area (Å²) in [5, 5.41) is 6.36. The van der Waals surface area contributed by atoms with E-state index in [-0.39, 0.29) is 24.4 Å². The first-order valence-corrected chi connectivity index (χ1v) is 7.35. The van der Waals surface area contributed by atoms with Crippen LogP contribution in [0, 0.1) is 12.7 Å². The van der Waals surface area contributed by atoms with Crippen LogP contribution in [0.4, 0.5) is 9.18 Å². The lowest BCUT2D eigenvalue weighted by molar-refractivity contribution is 0.182. The fraction of sp³-hybridized carbons (Fsp3) is 0.400. The summed E-state index contributed by atoms with van der Waals surface area (Å²) >= 11 is 0. The van der Waals surface area contributed by atoms with Gasteiger partial charge in [-0.3, -0.25) is 0 Å². The minimum absolute atomic E-state index is 0.176. The number of rotatable bonds is 4. The van der Waals surface area contributed by atoms with Crippen LogP contribution in [0.2, 0.25) is 0 Å². The van der Waals surface area contributed by atoms with Gasteiger partial charge >= 0.3 is 6.03 Å². The maximum atomic E-state index is 13.6. The number of likely N-dealkylation sites (tertiary alicyclic amines) is 1. The van der Waals surface area contributed by atoms with E-state index in [4.69, 9.17) is 9.26 Å². The molecule has 8 heteroatoms. The molecule has 1 saturated heterocycles. The van der Waals surface area contributed by atoms with Gasteiger partial charge in [0.15, 0.2) is 17.4 Å². The van der Waals surface area contributed by atoms with Crippen LogP contribution < -0.4 is 10.1 Å². The van der Waals surface area contributed by atoms with Crippen molar-refractivity contribution in [2.24, 2.45) is 0 Å². The van der Waals surface area contributed by atoms with Crippen molar-refractivity contribution < 1.29 is 18.4 Å². The number of urea groups is 1. The number of nitrogens with zero attached hydrogens (tertiary/aromatic N) is 3. The van der Waals surface area contributed by atoms with E-state index in [9.17, 15) is 9.18 Å². The molecule has 1 fully saturated rings. The minimum Gasteiger partial charge on any atom is -0.485 e. The molecular weight excluding hydrogens is 303 g/mol. The van der Waals surface area contributed by atoms with Crippen LogP contribution in [0.15, 0.2) is 28.8 Å².